The lowest BCUT2D eigenvalue weighted by Crippen LogP contribution is -2.42. The first-order valence-electron chi connectivity index (χ1n) is 11.8. The van der Waals surface area contributed by atoms with Gasteiger partial charge in [-0.15, -0.1) is 0 Å². The number of aromatic amines is 1. The fourth-order valence-corrected chi connectivity index (χ4v) is 6.34. The Balaban J connectivity index is 1.19. The van der Waals surface area contributed by atoms with E-state index in [2.05, 4.69) is 22.0 Å². The summed E-state index contributed by atoms with van der Waals surface area (Å²) < 4.78 is 6.53. The maximum atomic E-state index is 12.8. The van der Waals surface area contributed by atoms with Crippen LogP contribution >= 0.6 is 0 Å². The second-order valence-corrected chi connectivity index (χ2v) is 9.75. The van der Waals surface area contributed by atoms with Crippen molar-refractivity contribution in [1.29, 1.82) is 0 Å². The maximum Gasteiger partial charge on any atom is 0.270 e. The van der Waals surface area contributed by atoms with Crippen molar-refractivity contribution in [3.05, 3.63) is 47.3 Å². The molecular formula is C25H31N3O3. The zero-order chi connectivity index (χ0) is 20.9. The molecule has 4 heterocycles. The van der Waals surface area contributed by atoms with Crippen LogP contribution in [0, 0.1) is 11.8 Å². The average Bonchev–Trinajstić information content (AvgIpc) is 3.46. The summed E-state index contributed by atoms with van der Waals surface area (Å²) in [5.74, 6) is 1.76. The number of carbonyl (C=O) groups is 1. The lowest BCUT2D eigenvalue weighted by molar-refractivity contribution is -0.0235. The van der Waals surface area contributed by atoms with Crippen molar-refractivity contribution < 1.29 is 14.6 Å². The Morgan fingerprint density at radius 3 is 2.68 bits per heavy atom. The Morgan fingerprint density at radius 1 is 1.06 bits per heavy atom. The van der Waals surface area contributed by atoms with Crippen LogP contribution in [0.4, 0.5) is 5.69 Å². The Hall–Kier alpha value is -2.47. The third kappa shape index (κ3) is 3.32. The van der Waals surface area contributed by atoms with E-state index in [0.717, 1.165) is 51.2 Å². The molecule has 6 heteroatoms. The van der Waals surface area contributed by atoms with E-state index in [0.29, 0.717) is 24.0 Å². The molecule has 0 radical (unpaired) electrons. The summed E-state index contributed by atoms with van der Waals surface area (Å²) in [5, 5.41) is 10.9. The van der Waals surface area contributed by atoms with Crippen LogP contribution in [0.5, 0.6) is 5.75 Å². The fourth-order valence-electron chi connectivity index (χ4n) is 6.34. The molecule has 164 valence electrons. The summed E-state index contributed by atoms with van der Waals surface area (Å²) in [6.07, 6.45) is 7.23. The van der Waals surface area contributed by atoms with Crippen molar-refractivity contribution in [1.82, 2.24) is 9.88 Å². The Labute approximate surface area is 183 Å². The van der Waals surface area contributed by atoms with E-state index in [9.17, 15) is 9.90 Å². The summed E-state index contributed by atoms with van der Waals surface area (Å²) in [7, 11) is 0. The summed E-state index contributed by atoms with van der Waals surface area (Å²) >= 11 is 0. The van der Waals surface area contributed by atoms with Gasteiger partial charge in [-0.1, -0.05) is 6.07 Å². The molecule has 2 N–H and O–H groups in total. The molecule has 1 amide bonds. The molecule has 1 aliphatic carbocycles. The number of nitrogens with zero attached hydrogens (tertiary/aromatic N) is 2. The number of aliphatic hydroxyl groups excluding tert-OH is 1. The molecule has 0 bridgehead atoms. The molecule has 31 heavy (non-hydrogen) atoms. The Kier molecular flexibility index (Phi) is 4.71. The Bertz CT molecular complexity index is 971. The van der Waals surface area contributed by atoms with Crippen molar-refractivity contribution in [2.45, 2.75) is 50.7 Å². The van der Waals surface area contributed by atoms with Crippen LogP contribution < -0.4 is 9.64 Å². The number of hydrogen-bond acceptors (Lipinski definition) is 4. The van der Waals surface area contributed by atoms with Gasteiger partial charge in [0, 0.05) is 43.6 Å². The normalized spacial score (nSPS) is 29.5. The number of anilines is 1. The molecule has 0 spiro atoms. The molecule has 1 saturated heterocycles. The minimum absolute atomic E-state index is 0.0607. The molecule has 3 aliphatic heterocycles. The van der Waals surface area contributed by atoms with Gasteiger partial charge in [0.1, 0.15) is 17.5 Å². The lowest BCUT2D eigenvalue weighted by atomic mass is 9.78. The number of aromatic nitrogens is 1. The molecule has 1 saturated carbocycles. The van der Waals surface area contributed by atoms with E-state index in [-0.39, 0.29) is 12.0 Å². The maximum absolute atomic E-state index is 12.8. The number of fused-ring (bicyclic) bond motifs is 1. The molecule has 4 aliphatic rings. The molecule has 1 aromatic heterocycles. The second kappa shape index (κ2) is 7.59. The highest BCUT2D eigenvalue weighted by molar-refractivity contribution is 5.92. The van der Waals surface area contributed by atoms with Gasteiger partial charge in [-0.05, 0) is 74.1 Å². The number of rotatable bonds is 3. The van der Waals surface area contributed by atoms with Crippen LogP contribution in [-0.4, -0.2) is 59.3 Å². The van der Waals surface area contributed by atoms with Gasteiger partial charge in [0.2, 0.25) is 0 Å². The number of aryl methyl sites for hydroxylation is 1. The number of hydrogen-bond donors (Lipinski definition) is 2. The van der Waals surface area contributed by atoms with Crippen molar-refractivity contribution >= 4 is 11.6 Å². The number of benzene rings is 1. The van der Waals surface area contributed by atoms with E-state index < -0.39 is 6.10 Å². The topological polar surface area (TPSA) is 68.8 Å². The second-order valence-electron chi connectivity index (χ2n) is 9.75. The third-order valence-electron chi connectivity index (χ3n) is 7.85. The van der Waals surface area contributed by atoms with Crippen LogP contribution in [0.3, 0.4) is 0 Å². The van der Waals surface area contributed by atoms with Crippen molar-refractivity contribution in [3.8, 4) is 5.75 Å². The first-order chi connectivity index (χ1) is 15.2. The summed E-state index contributed by atoms with van der Waals surface area (Å²) in [5.41, 5.74) is 4.84. The quantitative estimate of drug-likeness (QED) is 0.800. The zero-order valence-corrected chi connectivity index (χ0v) is 17.9. The Morgan fingerprint density at radius 2 is 1.87 bits per heavy atom. The van der Waals surface area contributed by atoms with E-state index in [4.69, 9.17) is 4.74 Å². The number of likely N-dealkylation sites (tertiary alicyclic amines) is 1. The molecule has 1 aromatic carbocycles. The van der Waals surface area contributed by atoms with Crippen LogP contribution in [0.15, 0.2) is 30.5 Å². The van der Waals surface area contributed by atoms with Crippen LogP contribution in [0.1, 0.15) is 47.3 Å². The smallest absolute Gasteiger partial charge is 0.270 e. The van der Waals surface area contributed by atoms with Gasteiger partial charge in [0.15, 0.2) is 0 Å². The van der Waals surface area contributed by atoms with Crippen molar-refractivity contribution in [2.24, 2.45) is 11.8 Å². The van der Waals surface area contributed by atoms with E-state index in [1.165, 1.54) is 29.7 Å². The lowest BCUT2D eigenvalue weighted by Gasteiger charge is -2.39. The SMILES string of the molecule is O=C(c1ccc[nH]1)N1C[C@H]2C[C@@H](Oc3ccc4c5c3CCCN5CCC4)[C@H](O)C[C@H]2C1. The van der Waals surface area contributed by atoms with Crippen LogP contribution in [0.2, 0.25) is 0 Å². The first-order valence-corrected chi connectivity index (χ1v) is 11.8. The van der Waals surface area contributed by atoms with Crippen molar-refractivity contribution in [3.63, 3.8) is 0 Å². The molecule has 4 atom stereocenters. The number of ether oxygens (including phenoxy) is 1. The van der Waals surface area contributed by atoms with E-state index >= 15 is 0 Å². The van der Waals surface area contributed by atoms with Crippen molar-refractivity contribution in [2.75, 3.05) is 31.1 Å². The predicted molar refractivity (Wildman–Crippen MR) is 119 cm³/mol. The fraction of sp³-hybridized carbons (Fsp3) is 0.560. The molecule has 6 nitrogen and oxygen atoms in total. The number of aliphatic hydroxyl groups is 1. The molecule has 2 aromatic rings. The number of amides is 1. The number of nitrogens with one attached hydrogen (secondary N) is 1. The van der Waals surface area contributed by atoms with Gasteiger partial charge in [0.05, 0.1) is 6.10 Å². The minimum atomic E-state index is -0.482. The number of carbonyl (C=O) groups excluding carboxylic acids is 1. The van der Waals surface area contributed by atoms with Gasteiger partial charge in [-0.3, -0.25) is 4.79 Å². The first kappa shape index (κ1) is 19.2. The van der Waals surface area contributed by atoms with Gasteiger partial charge in [-0.25, -0.2) is 0 Å². The summed E-state index contributed by atoms with van der Waals surface area (Å²) in [6.45, 7) is 3.76. The monoisotopic (exact) mass is 421 g/mol. The molecule has 6 rings (SSSR count). The standard InChI is InChI=1S/C25H31N3O3/c29-21-12-17-14-28(25(30)20-6-1-9-26-20)15-18(17)13-23(21)31-22-8-7-16-4-2-10-27-11-3-5-19(22)24(16)27/h1,6-9,17-18,21,23,26,29H,2-5,10-15H2/t17-,18+,21+,23+/m0/s1. The van der Waals surface area contributed by atoms with E-state index in [1.807, 2.05) is 17.0 Å². The zero-order valence-electron chi connectivity index (χ0n) is 17.9. The highest BCUT2D eigenvalue weighted by Gasteiger charge is 2.44. The van der Waals surface area contributed by atoms with Gasteiger partial charge in [-0.2, -0.15) is 0 Å². The van der Waals surface area contributed by atoms with Gasteiger partial charge >= 0.3 is 0 Å². The highest BCUT2D eigenvalue weighted by Crippen LogP contribution is 2.43. The molecular weight excluding hydrogens is 390 g/mol. The summed E-state index contributed by atoms with van der Waals surface area (Å²) in [4.78, 5) is 20.2. The minimum Gasteiger partial charge on any atom is -0.487 e. The van der Waals surface area contributed by atoms with E-state index in [1.54, 1.807) is 6.20 Å². The van der Waals surface area contributed by atoms with Crippen LogP contribution in [-0.2, 0) is 12.8 Å². The van der Waals surface area contributed by atoms with Crippen LogP contribution in [0.25, 0.3) is 0 Å². The van der Waals surface area contributed by atoms with Gasteiger partial charge < -0.3 is 24.6 Å². The summed E-state index contributed by atoms with van der Waals surface area (Å²) in [6, 6.07) is 8.06. The molecule has 2 fully saturated rings. The predicted octanol–water partition coefficient (Wildman–Crippen LogP) is 3.00. The largest absolute Gasteiger partial charge is 0.487 e. The molecule has 0 unspecified atom stereocenters. The third-order valence-corrected chi connectivity index (χ3v) is 7.85. The van der Waals surface area contributed by atoms with Gasteiger partial charge in [0.25, 0.3) is 5.91 Å². The highest BCUT2D eigenvalue weighted by atomic mass is 16.5. The number of H-pyrrole nitrogens is 1. The average molecular weight is 422 g/mol.